The number of pyridine rings is 1. The number of hydrogen-bond acceptors (Lipinski definition) is 5. The van der Waals surface area contributed by atoms with Crippen molar-refractivity contribution < 1.29 is 9.59 Å². The Kier molecular flexibility index (Phi) is 4.74. The fourth-order valence-corrected chi connectivity index (χ4v) is 3.34. The van der Waals surface area contributed by atoms with Crippen molar-refractivity contribution in [3.05, 3.63) is 53.4 Å². The average molecular weight is 339 g/mol. The Morgan fingerprint density at radius 2 is 2.00 bits per heavy atom. The first-order valence-corrected chi connectivity index (χ1v) is 8.22. The van der Waals surface area contributed by atoms with Gasteiger partial charge in [0.1, 0.15) is 11.5 Å². The van der Waals surface area contributed by atoms with Crippen LogP contribution in [0.1, 0.15) is 40.0 Å². The lowest BCUT2D eigenvalue weighted by molar-refractivity contribution is -0.127. The first-order chi connectivity index (χ1) is 12.0. The van der Waals surface area contributed by atoms with E-state index in [1.165, 1.54) is 0 Å². The molecule has 1 aliphatic rings. The van der Waals surface area contributed by atoms with Crippen LogP contribution in [0.3, 0.4) is 0 Å². The summed E-state index contributed by atoms with van der Waals surface area (Å²) < 4.78 is 0. The minimum absolute atomic E-state index is 0.00730. The van der Waals surface area contributed by atoms with Gasteiger partial charge in [-0.1, -0.05) is 0 Å². The van der Waals surface area contributed by atoms with Gasteiger partial charge < -0.3 is 10.2 Å². The molecule has 0 saturated carbocycles. The third kappa shape index (κ3) is 3.65. The largest absolute Gasteiger partial charge is 0.350 e. The highest BCUT2D eigenvalue weighted by atomic mass is 16.2. The van der Waals surface area contributed by atoms with Crippen molar-refractivity contribution in [1.29, 1.82) is 0 Å². The second-order valence-corrected chi connectivity index (χ2v) is 6.35. The Labute approximate surface area is 146 Å². The van der Waals surface area contributed by atoms with Crippen molar-refractivity contribution in [3.8, 4) is 0 Å². The topological polar surface area (TPSA) is 88.1 Å². The second-order valence-electron chi connectivity index (χ2n) is 6.35. The summed E-state index contributed by atoms with van der Waals surface area (Å²) in [6, 6.07) is 5.41. The SMILES string of the molecule is Cc1cc(C(=O)NC[C@@H]2CC(=O)N(C)[C@H]2c2ccncc2)nc(C)n1. The van der Waals surface area contributed by atoms with E-state index in [2.05, 4.69) is 20.3 Å². The zero-order chi connectivity index (χ0) is 18.0. The summed E-state index contributed by atoms with van der Waals surface area (Å²) in [6.07, 6.45) is 3.84. The molecule has 0 aliphatic carbocycles. The summed E-state index contributed by atoms with van der Waals surface area (Å²) in [5.41, 5.74) is 2.13. The molecular formula is C18H21N5O2. The number of rotatable bonds is 4. The van der Waals surface area contributed by atoms with Crippen LogP contribution in [-0.4, -0.2) is 45.3 Å². The molecule has 0 unspecified atom stereocenters. The van der Waals surface area contributed by atoms with E-state index >= 15 is 0 Å². The minimum atomic E-state index is -0.246. The van der Waals surface area contributed by atoms with E-state index in [0.29, 0.717) is 24.5 Å². The first kappa shape index (κ1) is 17.0. The van der Waals surface area contributed by atoms with E-state index in [1.807, 2.05) is 19.1 Å². The third-order valence-corrected chi connectivity index (χ3v) is 4.47. The summed E-state index contributed by atoms with van der Waals surface area (Å²) in [5, 5.41) is 2.91. The molecule has 1 saturated heterocycles. The van der Waals surface area contributed by atoms with Gasteiger partial charge in [-0.15, -0.1) is 0 Å². The fraction of sp³-hybridized carbons (Fsp3) is 0.389. The zero-order valence-corrected chi connectivity index (χ0v) is 14.6. The van der Waals surface area contributed by atoms with Gasteiger partial charge in [-0.3, -0.25) is 14.6 Å². The van der Waals surface area contributed by atoms with Gasteiger partial charge in [-0.25, -0.2) is 9.97 Å². The number of aromatic nitrogens is 3. The van der Waals surface area contributed by atoms with Crippen molar-refractivity contribution in [2.45, 2.75) is 26.3 Å². The lowest BCUT2D eigenvalue weighted by Crippen LogP contribution is -2.33. The van der Waals surface area contributed by atoms with E-state index in [0.717, 1.165) is 11.3 Å². The fourth-order valence-electron chi connectivity index (χ4n) is 3.34. The number of carbonyl (C=O) groups excluding carboxylic acids is 2. The molecule has 0 radical (unpaired) electrons. The van der Waals surface area contributed by atoms with Crippen molar-refractivity contribution in [2.75, 3.05) is 13.6 Å². The Hall–Kier alpha value is -2.83. The zero-order valence-electron chi connectivity index (χ0n) is 14.6. The van der Waals surface area contributed by atoms with Crippen LogP contribution in [-0.2, 0) is 4.79 Å². The van der Waals surface area contributed by atoms with Crippen molar-refractivity contribution >= 4 is 11.8 Å². The number of amides is 2. The van der Waals surface area contributed by atoms with E-state index in [1.54, 1.807) is 37.3 Å². The molecule has 25 heavy (non-hydrogen) atoms. The molecule has 130 valence electrons. The summed E-state index contributed by atoms with van der Waals surface area (Å²) in [5.74, 6) is 0.405. The van der Waals surface area contributed by atoms with Gasteiger partial charge >= 0.3 is 0 Å². The van der Waals surface area contributed by atoms with Crippen molar-refractivity contribution in [1.82, 2.24) is 25.2 Å². The van der Waals surface area contributed by atoms with Gasteiger partial charge in [0.2, 0.25) is 5.91 Å². The van der Waals surface area contributed by atoms with Gasteiger partial charge in [0.05, 0.1) is 6.04 Å². The van der Waals surface area contributed by atoms with Crippen LogP contribution < -0.4 is 5.32 Å². The molecule has 7 heteroatoms. The highest BCUT2D eigenvalue weighted by molar-refractivity contribution is 5.92. The van der Waals surface area contributed by atoms with Gasteiger partial charge in [0.25, 0.3) is 5.91 Å². The van der Waals surface area contributed by atoms with Gasteiger partial charge in [-0.2, -0.15) is 0 Å². The highest BCUT2D eigenvalue weighted by Crippen LogP contribution is 2.36. The van der Waals surface area contributed by atoms with Crippen LogP contribution >= 0.6 is 0 Å². The maximum Gasteiger partial charge on any atom is 0.270 e. The van der Waals surface area contributed by atoms with E-state index in [-0.39, 0.29) is 23.8 Å². The Morgan fingerprint density at radius 3 is 2.68 bits per heavy atom. The van der Waals surface area contributed by atoms with Crippen molar-refractivity contribution in [3.63, 3.8) is 0 Å². The summed E-state index contributed by atoms with van der Waals surface area (Å²) in [6.45, 7) is 3.99. The molecule has 0 bridgehead atoms. The third-order valence-electron chi connectivity index (χ3n) is 4.47. The Bertz CT molecular complexity index is 773. The Balaban J connectivity index is 1.73. The lowest BCUT2D eigenvalue weighted by Gasteiger charge is -2.25. The summed E-state index contributed by atoms with van der Waals surface area (Å²) in [7, 11) is 1.80. The molecule has 0 spiro atoms. The summed E-state index contributed by atoms with van der Waals surface area (Å²) >= 11 is 0. The predicted octanol–water partition coefficient (Wildman–Crippen LogP) is 1.44. The number of carbonyl (C=O) groups is 2. The number of likely N-dealkylation sites (tertiary alicyclic amines) is 1. The van der Waals surface area contributed by atoms with Crippen LogP contribution in [0.25, 0.3) is 0 Å². The highest BCUT2D eigenvalue weighted by Gasteiger charge is 2.38. The first-order valence-electron chi connectivity index (χ1n) is 8.22. The second kappa shape index (κ2) is 6.96. The lowest BCUT2D eigenvalue weighted by atomic mass is 9.94. The molecule has 2 amide bonds. The molecule has 3 heterocycles. The van der Waals surface area contributed by atoms with Crippen LogP contribution in [0, 0.1) is 19.8 Å². The monoisotopic (exact) mass is 339 g/mol. The van der Waals surface area contributed by atoms with Gasteiger partial charge in [0, 0.05) is 44.0 Å². The summed E-state index contributed by atoms with van der Waals surface area (Å²) in [4.78, 5) is 38.7. The van der Waals surface area contributed by atoms with E-state index in [4.69, 9.17) is 0 Å². The molecule has 7 nitrogen and oxygen atoms in total. The number of nitrogens with zero attached hydrogens (tertiary/aromatic N) is 4. The van der Waals surface area contributed by atoms with Crippen LogP contribution in [0.2, 0.25) is 0 Å². The molecule has 2 aromatic heterocycles. The molecule has 2 aromatic rings. The normalized spacial score (nSPS) is 20.0. The standard InChI is InChI=1S/C18H21N5O2/c1-11-8-15(22-12(2)21-11)18(25)20-10-14-9-16(24)23(3)17(14)13-4-6-19-7-5-13/h4-8,14,17H,9-10H2,1-3H3,(H,20,25)/t14-,17-/m0/s1. The predicted molar refractivity (Wildman–Crippen MR) is 91.7 cm³/mol. The van der Waals surface area contributed by atoms with Gasteiger partial charge in [0.15, 0.2) is 0 Å². The van der Waals surface area contributed by atoms with E-state index < -0.39 is 0 Å². The van der Waals surface area contributed by atoms with Gasteiger partial charge in [-0.05, 0) is 37.6 Å². The number of aryl methyl sites for hydroxylation is 2. The maximum absolute atomic E-state index is 12.4. The Morgan fingerprint density at radius 1 is 1.28 bits per heavy atom. The molecule has 3 rings (SSSR count). The quantitative estimate of drug-likeness (QED) is 0.910. The smallest absolute Gasteiger partial charge is 0.270 e. The molecule has 1 aliphatic heterocycles. The number of hydrogen-bond donors (Lipinski definition) is 1. The minimum Gasteiger partial charge on any atom is -0.350 e. The van der Waals surface area contributed by atoms with E-state index in [9.17, 15) is 9.59 Å². The number of nitrogens with one attached hydrogen (secondary N) is 1. The van der Waals surface area contributed by atoms with Crippen LogP contribution in [0.4, 0.5) is 0 Å². The molecule has 0 aromatic carbocycles. The van der Waals surface area contributed by atoms with Crippen molar-refractivity contribution in [2.24, 2.45) is 5.92 Å². The molecule has 1 fully saturated rings. The molecular weight excluding hydrogens is 318 g/mol. The maximum atomic E-state index is 12.4. The molecule has 1 N–H and O–H groups in total. The van der Waals surface area contributed by atoms with Crippen LogP contribution in [0.5, 0.6) is 0 Å². The average Bonchev–Trinajstić information content (AvgIpc) is 2.87. The molecule has 2 atom stereocenters. The van der Waals surface area contributed by atoms with Crippen LogP contribution in [0.15, 0.2) is 30.6 Å².